The molecule has 0 aromatic heterocycles. The minimum Gasteiger partial charge on any atom is -0.529 e. The van der Waals surface area contributed by atoms with Crippen LogP contribution in [-0.2, 0) is 15.8 Å². The first kappa shape index (κ1) is 12.8. The van der Waals surface area contributed by atoms with E-state index in [9.17, 15) is 18.3 Å². The number of rotatable bonds is 3. The Labute approximate surface area is 105 Å². The van der Waals surface area contributed by atoms with E-state index < -0.39 is 16.1 Å². The lowest BCUT2D eigenvalue weighted by atomic mass is 10.2. The molecular weight excluding hydrogens is 256 g/mol. The summed E-state index contributed by atoms with van der Waals surface area (Å²) in [7, 11) is -3.67. The highest BCUT2D eigenvalue weighted by atomic mass is 32.2. The summed E-state index contributed by atoms with van der Waals surface area (Å²) in [4.78, 5) is 10.8. The van der Waals surface area contributed by atoms with E-state index in [1.807, 2.05) is 0 Å². The maximum absolute atomic E-state index is 12.1. The minimum atomic E-state index is -3.67. The third-order valence-electron chi connectivity index (χ3n) is 2.71. The summed E-state index contributed by atoms with van der Waals surface area (Å²) in [5.74, 6) is -0.211. The van der Waals surface area contributed by atoms with Gasteiger partial charge in [0.2, 0.25) is 10.0 Å². The number of carbonyl (C=O) groups excluding carboxylic acids is 1. The Morgan fingerprint density at radius 3 is 2.50 bits per heavy atom. The van der Waals surface area contributed by atoms with Crippen molar-refractivity contribution in [2.45, 2.75) is 12.2 Å². The number of hydrazine groups is 1. The standard InChI is InChI=1S/C11H14N2O4S/c14-11(15)12-7-4-8-13(12)18(16,17)9-10-5-2-1-3-6-10/h1-3,5-6H,4,7-9H2,(H,14,15)/p-1. The van der Waals surface area contributed by atoms with Gasteiger partial charge in [-0.3, -0.25) is 5.01 Å². The molecule has 98 valence electrons. The minimum absolute atomic E-state index is 0.163. The third-order valence-corrected chi connectivity index (χ3v) is 4.43. The molecule has 1 aliphatic heterocycles. The zero-order valence-corrected chi connectivity index (χ0v) is 10.5. The Balaban J connectivity index is 2.19. The molecular formula is C11H13N2O4S-. The summed E-state index contributed by atoms with van der Waals surface area (Å²) >= 11 is 0. The summed E-state index contributed by atoms with van der Waals surface area (Å²) in [6, 6.07) is 8.66. The Hall–Kier alpha value is -1.60. The monoisotopic (exact) mass is 269 g/mol. The average molecular weight is 269 g/mol. The smallest absolute Gasteiger partial charge is 0.235 e. The summed E-state index contributed by atoms with van der Waals surface area (Å²) in [6.45, 7) is 0.347. The number of carboxylic acid groups (broad SMARTS) is 1. The molecule has 1 fully saturated rings. The number of sulfonamides is 1. The van der Waals surface area contributed by atoms with Crippen LogP contribution in [0.15, 0.2) is 30.3 Å². The Bertz CT molecular complexity index is 529. The molecule has 1 amide bonds. The van der Waals surface area contributed by atoms with E-state index in [0.717, 1.165) is 9.42 Å². The van der Waals surface area contributed by atoms with Crippen molar-refractivity contribution in [1.82, 2.24) is 9.42 Å². The van der Waals surface area contributed by atoms with Crippen molar-refractivity contribution in [3.05, 3.63) is 35.9 Å². The highest BCUT2D eigenvalue weighted by Crippen LogP contribution is 2.18. The van der Waals surface area contributed by atoms with E-state index in [4.69, 9.17) is 0 Å². The molecule has 0 N–H and O–H groups in total. The molecule has 0 spiro atoms. The maximum Gasteiger partial charge on any atom is 0.235 e. The molecule has 0 bridgehead atoms. The lowest BCUT2D eigenvalue weighted by Crippen LogP contribution is -2.50. The molecule has 7 heteroatoms. The van der Waals surface area contributed by atoms with E-state index in [1.54, 1.807) is 30.3 Å². The van der Waals surface area contributed by atoms with Crippen molar-refractivity contribution < 1.29 is 18.3 Å². The van der Waals surface area contributed by atoms with Gasteiger partial charge in [0.15, 0.2) is 6.09 Å². The predicted octanol–water partition coefficient (Wildman–Crippen LogP) is -0.218. The molecule has 1 aromatic carbocycles. The van der Waals surface area contributed by atoms with Gasteiger partial charge in [0.25, 0.3) is 0 Å². The summed E-state index contributed by atoms with van der Waals surface area (Å²) in [6.07, 6.45) is -0.994. The summed E-state index contributed by atoms with van der Waals surface area (Å²) in [5.41, 5.74) is 0.627. The molecule has 2 rings (SSSR count). The molecule has 0 aliphatic carbocycles. The second kappa shape index (κ2) is 4.95. The van der Waals surface area contributed by atoms with Crippen LogP contribution in [0.25, 0.3) is 0 Å². The largest absolute Gasteiger partial charge is 0.529 e. The van der Waals surface area contributed by atoms with Gasteiger partial charge in [0, 0.05) is 13.1 Å². The lowest BCUT2D eigenvalue weighted by molar-refractivity contribution is -0.272. The number of benzene rings is 1. The van der Waals surface area contributed by atoms with E-state index in [0.29, 0.717) is 12.0 Å². The number of hydrogen-bond acceptors (Lipinski definition) is 4. The highest BCUT2D eigenvalue weighted by molar-refractivity contribution is 7.88. The average Bonchev–Trinajstić information content (AvgIpc) is 2.79. The van der Waals surface area contributed by atoms with Crippen molar-refractivity contribution in [2.75, 3.05) is 13.1 Å². The van der Waals surface area contributed by atoms with Crippen molar-refractivity contribution in [3.8, 4) is 0 Å². The third kappa shape index (κ3) is 2.62. The van der Waals surface area contributed by atoms with Crippen molar-refractivity contribution in [2.24, 2.45) is 0 Å². The number of amides is 1. The molecule has 1 saturated heterocycles. The Morgan fingerprint density at radius 2 is 1.89 bits per heavy atom. The van der Waals surface area contributed by atoms with Crippen LogP contribution in [0.2, 0.25) is 0 Å². The van der Waals surface area contributed by atoms with Crippen LogP contribution in [0.1, 0.15) is 12.0 Å². The van der Waals surface area contributed by atoms with E-state index in [1.165, 1.54) is 0 Å². The van der Waals surface area contributed by atoms with E-state index >= 15 is 0 Å². The first-order valence-corrected chi connectivity index (χ1v) is 7.14. The van der Waals surface area contributed by atoms with Crippen LogP contribution in [-0.4, -0.2) is 37.0 Å². The molecule has 1 heterocycles. The second-order valence-electron chi connectivity index (χ2n) is 4.03. The van der Waals surface area contributed by atoms with Crippen molar-refractivity contribution in [1.29, 1.82) is 0 Å². The zero-order chi connectivity index (χ0) is 13.2. The first-order valence-electron chi connectivity index (χ1n) is 5.53. The van der Waals surface area contributed by atoms with Crippen LogP contribution in [0, 0.1) is 0 Å². The molecule has 0 atom stereocenters. The number of carbonyl (C=O) groups is 1. The number of nitrogens with zero attached hydrogens (tertiary/aromatic N) is 2. The number of hydrogen-bond donors (Lipinski definition) is 0. The Kier molecular flexibility index (Phi) is 3.53. The van der Waals surface area contributed by atoms with E-state index in [2.05, 4.69) is 0 Å². The first-order chi connectivity index (χ1) is 8.50. The molecule has 1 aromatic rings. The predicted molar refractivity (Wildman–Crippen MR) is 62.5 cm³/mol. The van der Waals surface area contributed by atoms with Gasteiger partial charge in [-0.1, -0.05) is 30.3 Å². The van der Waals surface area contributed by atoms with Crippen LogP contribution in [0.5, 0.6) is 0 Å². The normalized spacial score (nSPS) is 17.0. The van der Waals surface area contributed by atoms with Crippen LogP contribution >= 0.6 is 0 Å². The maximum atomic E-state index is 12.1. The topological polar surface area (TPSA) is 80.8 Å². The lowest BCUT2D eigenvalue weighted by Gasteiger charge is -2.28. The van der Waals surface area contributed by atoms with E-state index in [-0.39, 0.29) is 18.8 Å². The molecule has 0 unspecified atom stereocenters. The molecule has 0 saturated carbocycles. The second-order valence-corrected chi connectivity index (χ2v) is 5.90. The van der Waals surface area contributed by atoms with Crippen molar-refractivity contribution >= 4 is 16.1 Å². The fourth-order valence-corrected chi connectivity index (χ4v) is 3.54. The van der Waals surface area contributed by atoms with Gasteiger partial charge in [0.05, 0.1) is 5.75 Å². The molecule has 18 heavy (non-hydrogen) atoms. The highest BCUT2D eigenvalue weighted by Gasteiger charge is 2.32. The van der Waals surface area contributed by atoms with Gasteiger partial charge in [-0.2, -0.15) is 0 Å². The molecule has 6 nitrogen and oxygen atoms in total. The van der Waals surface area contributed by atoms with Gasteiger partial charge < -0.3 is 9.90 Å². The zero-order valence-electron chi connectivity index (χ0n) is 9.65. The molecule has 0 radical (unpaired) electrons. The molecule has 1 aliphatic rings. The van der Waals surface area contributed by atoms with Gasteiger partial charge in [-0.25, -0.2) is 8.42 Å². The van der Waals surface area contributed by atoms with Crippen LogP contribution < -0.4 is 5.11 Å². The fourth-order valence-electron chi connectivity index (χ4n) is 1.92. The van der Waals surface area contributed by atoms with Gasteiger partial charge in [-0.15, -0.1) is 4.41 Å². The fraction of sp³-hybridized carbons (Fsp3) is 0.364. The van der Waals surface area contributed by atoms with Gasteiger partial charge in [0.1, 0.15) is 0 Å². The Morgan fingerprint density at radius 1 is 1.22 bits per heavy atom. The van der Waals surface area contributed by atoms with Gasteiger partial charge in [-0.05, 0) is 12.0 Å². The summed E-state index contributed by atoms with van der Waals surface area (Å²) < 4.78 is 25.1. The van der Waals surface area contributed by atoms with Crippen LogP contribution in [0.3, 0.4) is 0 Å². The summed E-state index contributed by atoms with van der Waals surface area (Å²) in [5, 5.41) is 11.6. The van der Waals surface area contributed by atoms with Gasteiger partial charge >= 0.3 is 0 Å². The SMILES string of the molecule is O=C([O-])N1CCCN1S(=O)(=O)Cc1ccccc1. The quantitative estimate of drug-likeness (QED) is 0.760. The van der Waals surface area contributed by atoms with Crippen molar-refractivity contribution in [3.63, 3.8) is 0 Å². The van der Waals surface area contributed by atoms with Crippen LogP contribution in [0.4, 0.5) is 4.79 Å².